The molecule has 1 aliphatic carbocycles. The molecule has 0 aromatic rings. The number of hydrogen-bond donors (Lipinski definition) is 0. The van der Waals surface area contributed by atoms with E-state index in [1.54, 1.807) is 0 Å². The SMILES string of the molecule is CCC(Br)C(=O)N1CC[C@@H]2CCCC[C@@H]21. The third kappa shape index (κ3) is 2.22. The number of hydrogen-bond acceptors (Lipinski definition) is 1. The maximum Gasteiger partial charge on any atom is 0.236 e. The molecule has 1 saturated carbocycles. The minimum absolute atomic E-state index is 0.0400. The van der Waals surface area contributed by atoms with E-state index >= 15 is 0 Å². The number of halogens is 1. The molecular weight excluding hydrogens is 254 g/mol. The van der Waals surface area contributed by atoms with Crippen molar-refractivity contribution in [2.24, 2.45) is 5.92 Å². The molecule has 2 nitrogen and oxygen atoms in total. The van der Waals surface area contributed by atoms with E-state index in [9.17, 15) is 4.79 Å². The minimum atomic E-state index is 0.0400. The Hall–Kier alpha value is -0.0500. The second kappa shape index (κ2) is 4.86. The second-order valence-electron chi connectivity index (χ2n) is 4.81. The molecule has 15 heavy (non-hydrogen) atoms. The largest absolute Gasteiger partial charge is 0.338 e. The molecule has 0 radical (unpaired) electrons. The molecule has 1 unspecified atom stereocenters. The number of rotatable bonds is 2. The normalized spacial score (nSPS) is 32.5. The third-order valence-corrected chi connectivity index (χ3v) is 4.96. The first-order valence-electron chi connectivity index (χ1n) is 6.18. The summed E-state index contributed by atoms with van der Waals surface area (Å²) in [6, 6.07) is 0.567. The smallest absolute Gasteiger partial charge is 0.236 e. The summed E-state index contributed by atoms with van der Waals surface area (Å²) in [4.78, 5) is 14.3. The van der Waals surface area contributed by atoms with E-state index in [1.807, 2.05) is 0 Å². The first-order valence-corrected chi connectivity index (χ1v) is 7.10. The summed E-state index contributed by atoms with van der Waals surface area (Å²) < 4.78 is 0. The van der Waals surface area contributed by atoms with E-state index in [2.05, 4.69) is 27.8 Å². The van der Waals surface area contributed by atoms with E-state index in [4.69, 9.17) is 0 Å². The molecule has 2 rings (SSSR count). The Labute approximate surface area is 101 Å². The summed E-state index contributed by atoms with van der Waals surface area (Å²) in [5, 5.41) is 0. The van der Waals surface area contributed by atoms with Crippen LogP contribution in [0.25, 0.3) is 0 Å². The first-order chi connectivity index (χ1) is 7.24. The number of carbonyl (C=O) groups excluding carboxylic acids is 1. The molecule has 1 aliphatic heterocycles. The Morgan fingerprint density at radius 2 is 2.13 bits per heavy atom. The van der Waals surface area contributed by atoms with Crippen molar-refractivity contribution in [3.8, 4) is 0 Å². The highest BCUT2D eigenvalue weighted by Crippen LogP contribution is 2.36. The van der Waals surface area contributed by atoms with Crippen molar-refractivity contribution in [2.45, 2.75) is 56.3 Å². The monoisotopic (exact) mass is 273 g/mol. The molecule has 1 heterocycles. The van der Waals surface area contributed by atoms with Gasteiger partial charge in [0.25, 0.3) is 0 Å². The van der Waals surface area contributed by atoms with Crippen molar-refractivity contribution < 1.29 is 4.79 Å². The number of likely N-dealkylation sites (tertiary alicyclic amines) is 1. The Morgan fingerprint density at radius 1 is 1.40 bits per heavy atom. The van der Waals surface area contributed by atoms with Crippen LogP contribution in [-0.4, -0.2) is 28.2 Å². The molecule has 3 heteroatoms. The van der Waals surface area contributed by atoms with Crippen LogP contribution in [0.4, 0.5) is 0 Å². The summed E-state index contributed by atoms with van der Waals surface area (Å²) in [6.07, 6.45) is 7.39. The molecule has 0 N–H and O–H groups in total. The van der Waals surface area contributed by atoms with Crippen LogP contribution in [-0.2, 0) is 4.79 Å². The predicted octanol–water partition coefficient (Wildman–Crippen LogP) is 2.95. The van der Waals surface area contributed by atoms with E-state index in [-0.39, 0.29) is 4.83 Å². The van der Waals surface area contributed by atoms with Gasteiger partial charge in [-0.05, 0) is 31.6 Å². The fourth-order valence-electron chi connectivity index (χ4n) is 3.03. The van der Waals surface area contributed by atoms with Gasteiger partial charge in [0.15, 0.2) is 0 Å². The molecule has 86 valence electrons. The van der Waals surface area contributed by atoms with Crippen molar-refractivity contribution in [1.82, 2.24) is 4.90 Å². The zero-order valence-electron chi connectivity index (χ0n) is 9.42. The topological polar surface area (TPSA) is 20.3 Å². The van der Waals surface area contributed by atoms with Crippen LogP contribution in [0.1, 0.15) is 45.4 Å². The number of carbonyl (C=O) groups is 1. The van der Waals surface area contributed by atoms with E-state index in [1.165, 1.54) is 32.1 Å². The van der Waals surface area contributed by atoms with Crippen LogP contribution in [0.3, 0.4) is 0 Å². The number of alkyl halides is 1. The maximum atomic E-state index is 12.1. The number of amides is 1. The minimum Gasteiger partial charge on any atom is -0.338 e. The van der Waals surface area contributed by atoms with Gasteiger partial charge in [-0.3, -0.25) is 4.79 Å². The van der Waals surface area contributed by atoms with Crippen molar-refractivity contribution in [1.29, 1.82) is 0 Å². The highest BCUT2D eigenvalue weighted by molar-refractivity contribution is 9.10. The van der Waals surface area contributed by atoms with Gasteiger partial charge in [-0.2, -0.15) is 0 Å². The van der Waals surface area contributed by atoms with E-state index in [0.717, 1.165) is 18.9 Å². The lowest BCUT2D eigenvalue weighted by molar-refractivity contribution is -0.132. The fraction of sp³-hybridized carbons (Fsp3) is 0.917. The lowest BCUT2D eigenvalue weighted by atomic mass is 9.85. The van der Waals surface area contributed by atoms with Crippen LogP contribution in [0.2, 0.25) is 0 Å². The molecule has 0 spiro atoms. The van der Waals surface area contributed by atoms with Gasteiger partial charge in [-0.15, -0.1) is 0 Å². The highest BCUT2D eigenvalue weighted by Gasteiger charge is 2.39. The molecule has 3 atom stereocenters. The van der Waals surface area contributed by atoms with Gasteiger partial charge in [-0.25, -0.2) is 0 Å². The Balaban J connectivity index is 2.01. The van der Waals surface area contributed by atoms with Gasteiger partial charge in [0.2, 0.25) is 5.91 Å². The van der Waals surface area contributed by atoms with Crippen LogP contribution in [0.15, 0.2) is 0 Å². The van der Waals surface area contributed by atoms with E-state index < -0.39 is 0 Å². The third-order valence-electron chi connectivity index (χ3n) is 3.92. The second-order valence-corrected chi connectivity index (χ2v) is 5.91. The Bertz CT molecular complexity index is 244. The van der Waals surface area contributed by atoms with Crippen molar-refractivity contribution in [2.75, 3.05) is 6.54 Å². The average molecular weight is 274 g/mol. The van der Waals surface area contributed by atoms with Crippen LogP contribution < -0.4 is 0 Å². The predicted molar refractivity (Wildman–Crippen MR) is 65.1 cm³/mol. The Kier molecular flexibility index (Phi) is 3.70. The first kappa shape index (κ1) is 11.4. The van der Waals surface area contributed by atoms with E-state index in [0.29, 0.717) is 11.9 Å². The van der Waals surface area contributed by atoms with Gasteiger partial charge < -0.3 is 4.90 Å². The quantitative estimate of drug-likeness (QED) is 0.709. The fourth-order valence-corrected chi connectivity index (χ4v) is 3.30. The summed E-state index contributed by atoms with van der Waals surface area (Å²) >= 11 is 3.48. The Morgan fingerprint density at radius 3 is 2.87 bits per heavy atom. The molecule has 0 bridgehead atoms. The van der Waals surface area contributed by atoms with Gasteiger partial charge in [0, 0.05) is 12.6 Å². The summed E-state index contributed by atoms with van der Waals surface area (Å²) in [5.74, 6) is 1.13. The molecule has 1 amide bonds. The van der Waals surface area contributed by atoms with Crippen molar-refractivity contribution >= 4 is 21.8 Å². The van der Waals surface area contributed by atoms with Gasteiger partial charge in [0.05, 0.1) is 4.83 Å². The van der Waals surface area contributed by atoms with Crippen LogP contribution in [0, 0.1) is 5.92 Å². The maximum absolute atomic E-state index is 12.1. The molecule has 0 aromatic carbocycles. The highest BCUT2D eigenvalue weighted by atomic mass is 79.9. The van der Waals surface area contributed by atoms with Crippen molar-refractivity contribution in [3.63, 3.8) is 0 Å². The number of fused-ring (bicyclic) bond motifs is 1. The summed E-state index contributed by atoms with van der Waals surface area (Å²) in [6.45, 7) is 3.06. The van der Waals surface area contributed by atoms with Crippen molar-refractivity contribution in [3.05, 3.63) is 0 Å². The molecule has 0 aromatic heterocycles. The van der Waals surface area contributed by atoms with Crippen LogP contribution >= 0.6 is 15.9 Å². The average Bonchev–Trinajstić information content (AvgIpc) is 2.70. The summed E-state index contributed by atoms with van der Waals surface area (Å²) in [5.41, 5.74) is 0. The number of nitrogens with zero attached hydrogens (tertiary/aromatic N) is 1. The molecular formula is C12H20BrNO. The lowest BCUT2D eigenvalue weighted by Crippen LogP contribution is -2.42. The van der Waals surface area contributed by atoms with Gasteiger partial charge >= 0.3 is 0 Å². The standard InChI is InChI=1S/C12H20BrNO/c1-2-10(13)12(15)14-8-7-9-5-3-4-6-11(9)14/h9-11H,2-8H2,1H3/t9-,10?,11-/m0/s1. The van der Waals surface area contributed by atoms with Gasteiger partial charge in [0.1, 0.15) is 0 Å². The molecule has 1 saturated heterocycles. The van der Waals surface area contributed by atoms with Crippen LogP contribution in [0.5, 0.6) is 0 Å². The molecule has 2 aliphatic rings. The lowest BCUT2D eigenvalue weighted by Gasteiger charge is -2.32. The van der Waals surface area contributed by atoms with Gasteiger partial charge in [-0.1, -0.05) is 35.7 Å². The zero-order chi connectivity index (χ0) is 10.8. The zero-order valence-corrected chi connectivity index (χ0v) is 11.0. The molecule has 2 fully saturated rings. The summed E-state index contributed by atoms with van der Waals surface area (Å²) in [7, 11) is 0.